The molecule has 0 radical (unpaired) electrons. The van der Waals surface area contributed by atoms with Gasteiger partial charge in [-0.05, 0) is 31.5 Å². The first-order valence-electron chi connectivity index (χ1n) is 12.2. The molecule has 3 aromatic rings. The van der Waals surface area contributed by atoms with Crippen molar-refractivity contribution in [2.24, 2.45) is 4.74 Å². The molecule has 0 spiro atoms. The van der Waals surface area contributed by atoms with Gasteiger partial charge in [0.2, 0.25) is 5.75 Å². The summed E-state index contributed by atoms with van der Waals surface area (Å²) in [7, 11) is -2.71. The summed E-state index contributed by atoms with van der Waals surface area (Å²) in [6.07, 6.45) is -3.38. The predicted octanol–water partition coefficient (Wildman–Crippen LogP) is 1.97. The molecule has 0 bridgehead atoms. The molecule has 1 aliphatic rings. The smallest absolute Gasteiger partial charge is 0.395 e. The Balaban J connectivity index is 1.38. The summed E-state index contributed by atoms with van der Waals surface area (Å²) >= 11 is 0. The van der Waals surface area contributed by atoms with Crippen molar-refractivity contribution in [3.05, 3.63) is 93.3 Å². The van der Waals surface area contributed by atoms with Crippen LogP contribution in [0.15, 0.2) is 81.2 Å². The molecule has 1 aliphatic heterocycles. The third-order valence-corrected chi connectivity index (χ3v) is 6.97. The number of nitrogens with one attached hydrogen (secondary N) is 1. The van der Waals surface area contributed by atoms with Gasteiger partial charge in [0.05, 0.1) is 0 Å². The van der Waals surface area contributed by atoms with Gasteiger partial charge >= 0.3 is 19.8 Å². The van der Waals surface area contributed by atoms with E-state index in [1.165, 1.54) is 19.1 Å². The molecule has 2 N–H and O–H groups in total. The van der Waals surface area contributed by atoms with E-state index in [1.807, 2.05) is 23.2 Å². The molecule has 1 saturated heterocycles. The number of alkyl halides is 1. The number of nitrogens with zero attached hydrogens (tertiary/aromatic N) is 2. The number of halogens is 1. The van der Waals surface area contributed by atoms with E-state index in [0.29, 0.717) is 0 Å². The molecule has 1 fully saturated rings. The lowest BCUT2D eigenvalue weighted by Gasteiger charge is -2.24. The van der Waals surface area contributed by atoms with Crippen molar-refractivity contribution >= 4 is 14.1 Å². The molecule has 0 saturated carbocycles. The Kier molecular flexibility index (Phi) is 9.10. The van der Waals surface area contributed by atoms with Crippen LogP contribution < -0.4 is 25.4 Å². The van der Waals surface area contributed by atoms with Crippen LogP contribution in [0.5, 0.6) is 11.5 Å². The molecular weight excluding hydrogens is 548 g/mol. The van der Waals surface area contributed by atoms with Crippen molar-refractivity contribution in [3.63, 3.8) is 0 Å². The van der Waals surface area contributed by atoms with Crippen LogP contribution in [-0.2, 0) is 20.9 Å². The van der Waals surface area contributed by atoms with Crippen molar-refractivity contribution < 1.29 is 37.9 Å². The number of rotatable bonds is 10. The molecule has 0 amide bonds. The number of H-pyrrole nitrogens is 1. The van der Waals surface area contributed by atoms with E-state index < -0.39 is 55.5 Å². The third kappa shape index (κ3) is 6.80. The van der Waals surface area contributed by atoms with Gasteiger partial charge in [0, 0.05) is 12.3 Å². The number of benzene rings is 2. The number of carbonyl (C=O) groups is 1. The Morgan fingerprint density at radius 3 is 2.58 bits per heavy atom. The first-order valence-corrected chi connectivity index (χ1v) is 13.3. The molecule has 14 heteroatoms. The van der Waals surface area contributed by atoms with Crippen molar-refractivity contribution in [3.8, 4) is 11.5 Å². The van der Waals surface area contributed by atoms with Gasteiger partial charge < -0.3 is 24.2 Å². The van der Waals surface area contributed by atoms with Gasteiger partial charge in [-0.15, -0.1) is 0 Å². The number of aliphatic hydroxyl groups excluding tert-OH is 1. The molecule has 1 aromatic heterocycles. The van der Waals surface area contributed by atoms with Gasteiger partial charge in [-0.1, -0.05) is 47.2 Å². The Bertz CT molecular complexity index is 1480. The van der Waals surface area contributed by atoms with Gasteiger partial charge in [-0.2, -0.15) is 0 Å². The standard InChI is InChI=1S/C26H27FN3O9P/c1-16(23(33)37-14-17-8-4-3-5-9-17)29-40(35)39-19-11-7-6-10-18(19)36-15-20-22(32)26(2,27)24(38-20)30-13-12-21(31)28-25(30)34/h3-13,16,20,22,24,32H,14-15H2,1-2H3,(H,28,31,34)/t16-,20+,22+,24+,26+/m0/s1. The Hall–Kier alpha value is -3.90. The summed E-state index contributed by atoms with van der Waals surface area (Å²) in [5.41, 5.74) is -3.18. The predicted molar refractivity (Wildman–Crippen MR) is 138 cm³/mol. The van der Waals surface area contributed by atoms with Crippen LogP contribution in [0.1, 0.15) is 25.6 Å². The van der Waals surface area contributed by atoms with E-state index in [9.17, 15) is 24.4 Å². The molecule has 12 nitrogen and oxygen atoms in total. The molecule has 0 aliphatic carbocycles. The maximum absolute atomic E-state index is 15.4. The topological polar surface area (TPSA) is 164 Å². The number of aliphatic hydroxyl groups is 1. The first kappa shape index (κ1) is 29.1. The lowest BCUT2D eigenvalue weighted by atomic mass is 9.98. The van der Waals surface area contributed by atoms with Crippen molar-refractivity contribution in [1.29, 1.82) is 0 Å². The molecule has 6 atom stereocenters. The van der Waals surface area contributed by atoms with Crippen LogP contribution in [0.25, 0.3) is 0 Å². The number of carbonyl (C=O) groups excluding carboxylic acids is 1. The number of hydrogen-bond donors (Lipinski definition) is 2. The van der Waals surface area contributed by atoms with E-state index in [1.54, 1.807) is 24.3 Å². The van der Waals surface area contributed by atoms with E-state index in [0.717, 1.165) is 29.3 Å². The number of aromatic nitrogens is 2. The lowest BCUT2D eigenvalue weighted by Crippen LogP contribution is -2.43. The average molecular weight is 575 g/mol. The zero-order valence-electron chi connectivity index (χ0n) is 21.5. The summed E-state index contributed by atoms with van der Waals surface area (Å²) in [4.78, 5) is 50.3. The first-order chi connectivity index (χ1) is 19.1. The summed E-state index contributed by atoms with van der Waals surface area (Å²) in [6.45, 7) is 2.16. The molecular formula is C26H27FN3O9P. The van der Waals surface area contributed by atoms with Crippen LogP contribution in [0.4, 0.5) is 4.39 Å². The van der Waals surface area contributed by atoms with Gasteiger partial charge in [0.25, 0.3) is 5.56 Å². The highest BCUT2D eigenvalue weighted by atomic mass is 31.1. The minimum absolute atomic E-state index is 0.0149. The molecule has 212 valence electrons. The Morgan fingerprint density at radius 1 is 1.20 bits per heavy atom. The fourth-order valence-electron chi connectivity index (χ4n) is 3.92. The highest BCUT2D eigenvalue weighted by molar-refractivity contribution is 7.34. The summed E-state index contributed by atoms with van der Waals surface area (Å²) in [5, 5.41) is 10.6. The van der Waals surface area contributed by atoms with Crippen LogP contribution >= 0.6 is 8.17 Å². The Labute approximate surface area is 228 Å². The van der Waals surface area contributed by atoms with Crippen LogP contribution in [0.2, 0.25) is 0 Å². The second-order valence-corrected chi connectivity index (χ2v) is 10.0. The SMILES string of the molecule is C[C@H](/N=[P+](\[O-])Oc1ccccc1OC[C@H]1O[C@@H](n2ccc(=O)[nH]c2=O)[C@](C)(F)[C@@H]1O)C(=O)OCc1ccccc1. The highest BCUT2D eigenvalue weighted by Crippen LogP contribution is 2.41. The number of hydrogen-bond acceptors (Lipinski definition) is 10. The van der Waals surface area contributed by atoms with Crippen molar-refractivity contribution in [1.82, 2.24) is 9.55 Å². The normalized spacial score (nSPS) is 23.4. The minimum Gasteiger partial charge on any atom is -0.575 e. The second kappa shape index (κ2) is 12.5. The largest absolute Gasteiger partial charge is 0.575 e. The van der Waals surface area contributed by atoms with Crippen molar-refractivity contribution in [2.45, 2.75) is 50.6 Å². The summed E-state index contributed by atoms with van der Waals surface area (Å²) in [6, 6.07) is 15.1. The van der Waals surface area contributed by atoms with E-state index >= 15 is 4.39 Å². The Morgan fingerprint density at radius 2 is 1.88 bits per heavy atom. The van der Waals surface area contributed by atoms with Crippen LogP contribution in [-0.4, -0.2) is 51.2 Å². The van der Waals surface area contributed by atoms with Crippen LogP contribution in [0.3, 0.4) is 0 Å². The minimum atomic E-state index is -2.71. The average Bonchev–Trinajstić information content (AvgIpc) is 3.15. The van der Waals surface area contributed by atoms with Gasteiger partial charge in [0.15, 0.2) is 23.7 Å². The highest BCUT2D eigenvalue weighted by Gasteiger charge is 2.55. The van der Waals surface area contributed by atoms with Gasteiger partial charge in [-0.25, -0.2) is 14.0 Å². The number of aromatic amines is 1. The maximum Gasteiger partial charge on any atom is 0.395 e. The van der Waals surface area contributed by atoms with E-state index in [-0.39, 0.29) is 24.7 Å². The maximum atomic E-state index is 15.4. The quantitative estimate of drug-likeness (QED) is 0.272. The second-order valence-electron chi connectivity index (χ2n) is 9.11. The zero-order chi connectivity index (χ0) is 28.9. The van der Waals surface area contributed by atoms with Gasteiger partial charge in [-0.3, -0.25) is 18.9 Å². The molecule has 2 aromatic carbocycles. The molecule has 2 heterocycles. The molecule has 4 rings (SSSR count). The zero-order valence-corrected chi connectivity index (χ0v) is 22.4. The summed E-state index contributed by atoms with van der Waals surface area (Å²) in [5.74, 6) is -0.583. The monoisotopic (exact) mass is 575 g/mol. The molecule has 1 unspecified atom stereocenters. The van der Waals surface area contributed by atoms with Crippen molar-refractivity contribution in [2.75, 3.05) is 6.61 Å². The number of ether oxygens (including phenoxy) is 3. The number of esters is 1. The van der Waals surface area contributed by atoms with E-state index in [2.05, 4.69) is 4.74 Å². The van der Waals surface area contributed by atoms with E-state index in [4.69, 9.17) is 18.7 Å². The third-order valence-electron chi connectivity index (χ3n) is 6.08. The lowest BCUT2D eigenvalue weighted by molar-refractivity contribution is -0.169. The van der Waals surface area contributed by atoms with Crippen LogP contribution in [0, 0.1) is 0 Å². The fraction of sp³-hybridized carbons (Fsp3) is 0.346. The summed E-state index contributed by atoms with van der Waals surface area (Å²) < 4.78 is 41.9. The number of para-hydroxylation sites is 2. The van der Waals surface area contributed by atoms with Gasteiger partial charge in [0.1, 0.15) is 25.4 Å². The molecule has 40 heavy (non-hydrogen) atoms. The fourth-order valence-corrected chi connectivity index (χ4v) is 4.67.